The highest BCUT2D eigenvalue weighted by atomic mass is 32.1. The van der Waals surface area contributed by atoms with Gasteiger partial charge in [0.15, 0.2) is 5.78 Å². The van der Waals surface area contributed by atoms with Crippen molar-refractivity contribution in [3.63, 3.8) is 0 Å². The SMILES string of the molecule is CC[C@](N)(CO)CCc1sc(C(=O)CCCc2ccc(C)c(C)c2)cc1C. The van der Waals surface area contributed by atoms with E-state index in [0.717, 1.165) is 42.5 Å². The zero-order valence-electron chi connectivity index (χ0n) is 17.1. The van der Waals surface area contributed by atoms with Gasteiger partial charge in [-0.15, -0.1) is 11.3 Å². The molecule has 27 heavy (non-hydrogen) atoms. The molecule has 2 rings (SSSR count). The van der Waals surface area contributed by atoms with Crippen LogP contribution in [0.4, 0.5) is 0 Å². The Labute approximate surface area is 167 Å². The molecular weight excluding hydrogens is 354 g/mol. The maximum atomic E-state index is 12.6. The van der Waals surface area contributed by atoms with E-state index in [1.165, 1.54) is 21.6 Å². The Morgan fingerprint density at radius 1 is 1.11 bits per heavy atom. The quantitative estimate of drug-likeness (QED) is 0.569. The molecule has 0 spiro atoms. The van der Waals surface area contributed by atoms with Crippen molar-refractivity contribution in [3.8, 4) is 0 Å². The monoisotopic (exact) mass is 387 g/mol. The highest BCUT2D eigenvalue weighted by molar-refractivity contribution is 7.14. The fourth-order valence-corrected chi connectivity index (χ4v) is 4.31. The standard InChI is InChI=1S/C23H33NO2S/c1-5-23(24,15-25)12-11-21-18(4)14-22(27-21)20(26)8-6-7-19-10-9-16(2)17(3)13-19/h9-10,13-14,25H,5-8,11-12,15,24H2,1-4H3/t23-/m1/s1. The van der Waals surface area contributed by atoms with Crippen molar-refractivity contribution >= 4 is 17.1 Å². The summed E-state index contributed by atoms with van der Waals surface area (Å²) in [5, 5.41) is 9.47. The number of aliphatic hydroxyl groups excluding tert-OH is 1. The van der Waals surface area contributed by atoms with Crippen LogP contribution in [-0.4, -0.2) is 23.0 Å². The van der Waals surface area contributed by atoms with E-state index in [0.29, 0.717) is 6.42 Å². The van der Waals surface area contributed by atoms with Gasteiger partial charge < -0.3 is 10.8 Å². The lowest BCUT2D eigenvalue weighted by atomic mass is 9.92. The second-order valence-corrected chi connectivity index (χ2v) is 8.92. The third-order valence-corrected chi connectivity index (χ3v) is 6.94. The molecule has 1 atom stereocenters. The normalized spacial score (nSPS) is 13.6. The second-order valence-electron chi connectivity index (χ2n) is 7.79. The Morgan fingerprint density at radius 3 is 2.48 bits per heavy atom. The lowest BCUT2D eigenvalue weighted by Crippen LogP contribution is -2.43. The van der Waals surface area contributed by atoms with Gasteiger partial charge in [0.2, 0.25) is 0 Å². The fourth-order valence-electron chi connectivity index (χ4n) is 3.17. The van der Waals surface area contributed by atoms with Crippen molar-refractivity contribution in [1.82, 2.24) is 0 Å². The lowest BCUT2D eigenvalue weighted by molar-refractivity contribution is 0.0984. The van der Waals surface area contributed by atoms with Crippen LogP contribution in [0.1, 0.15) is 69.4 Å². The van der Waals surface area contributed by atoms with Crippen molar-refractivity contribution in [1.29, 1.82) is 0 Å². The third-order valence-electron chi connectivity index (χ3n) is 5.60. The summed E-state index contributed by atoms with van der Waals surface area (Å²) in [6.07, 6.45) is 4.70. The largest absolute Gasteiger partial charge is 0.394 e. The van der Waals surface area contributed by atoms with Gasteiger partial charge in [0.05, 0.1) is 11.5 Å². The minimum atomic E-state index is -0.521. The van der Waals surface area contributed by atoms with E-state index in [-0.39, 0.29) is 12.4 Å². The number of hydrogen-bond acceptors (Lipinski definition) is 4. The summed E-state index contributed by atoms with van der Waals surface area (Å²) in [6.45, 7) is 8.31. The van der Waals surface area contributed by atoms with Crippen LogP contribution in [0.5, 0.6) is 0 Å². The molecular formula is C23H33NO2S. The van der Waals surface area contributed by atoms with E-state index in [1.54, 1.807) is 11.3 Å². The molecule has 0 bridgehead atoms. The lowest BCUT2D eigenvalue weighted by Gasteiger charge is -2.25. The number of thiophene rings is 1. The number of rotatable bonds is 10. The van der Waals surface area contributed by atoms with E-state index >= 15 is 0 Å². The number of Topliss-reactive ketones (excluding diaryl/α,β-unsaturated/α-hetero) is 1. The Balaban J connectivity index is 1.90. The van der Waals surface area contributed by atoms with Gasteiger partial charge in [-0.3, -0.25) is 4.79 Å². The summed E-state index contributed by atoms with van der Waals surface area (Å²) in [7, 11) is 0. The molecule has 0 aliphatic carbocycles. The number of carbonyl (C=O) groups excluding carboxylic acids is 1. The van der Waals surface area contributed by atoms with Crippen molar-refractivity contribution < 1.29 is 9.90 Å². The van der Waals surface area contributed by atoms with Crippen LogP contribution in [0.2, 0.25) is 0 Å². The van der Waals surface area contributed by atoms with Crippen LogP contribution < -0.4 is 5.73 Å². The molecule has 3 N–H and O–H groups in total. The number of aliphatic hydroxyl groups is 1. The van der Waals surface area contributed by atoms with Crippen LogP contribution in [0.3, 0.4) is 0 Å². The minimum absolute atomic E-state index is 0.00179. The Morgan fingerprint density at radius 2 is 1.85 bits per heavy atom. The number of carbonyl (C=O) groups is 1. The van der Waals surface area contributed by atoms with Crippen LogP contribution in [0.15, 0.2) is 24.3 Å². The summed E-state index contributed by atoms with van der Waals surface area (Å²) in [5.74, 6) is 0.231. The van der Waals surface area contributed by atoms with E-state index in [9.17, 15) is 9.90 Å². The van der Waals surface area contributed by atoms with Gasteiger partial charge in [-0.05, 0) is 81.2 Å². The molecule has 0 aliphatic rings. The Bertz CT molecular complexity index is 775. The topological polar surface area (TPSA) is 63.3 Å². The molecule has 0 amide bonds. The molecule has 0 fully saturated rings. The minimum Gasteiger partial charge on any atom is -0.394 e. The second kappa shape index (κ2) is 9.63. The first kappa shape index (κ1) is 21.8. The van der Waals surface area contributed by atoms with Crippen molar-refractivity contribution in [2.45, 2.75) is 71.8 Å². The average molecular weight is 388 g/mol. The zero-order chi connectivity index (χ0) is 20.0. The molecule has 1 aromatic heterocycles. The van der Waals surface area contributed by atoms with Crippen LogP contribution in [-0.2, 0) is 12.8 Å². The first-order valence-electron chi connectivity index (χ1n) is 9.86. The number of ketones is 1. The van der Waals surface area contributed by atoms with Crippen LogP contribution in [0.25, 0.3) is 0 Å². The van der Waals surface area contributed by atoms with Gasteiger partial charge >= 0.3 is 0 Å². The molecule has 3 nitrogen and oxygen atoms in total. The van der Waals surface area contributed by atoms with E-state index < -0.39 is 5.54 Å². The fraction of sp³-hybridized carbons (Fsp3) is 0.522. The van der Waals surface area contributed by atoms with E-state index in [2.05, 4.69) is 39.0 Å². The summed E-state index contributed by atoms with van der Waals surface area (Å²) in [4.78, 5) is 14.6. The Hall–Kier alpha value is -1.49. The highest BCUT2D eigenvalue weighted by Gasteiger charge is 2.22. The molecule has 1 aromatic carbocycles. The molecule has 0 saturated heterocycles. The number of benzene rings is 1. The zero-order valence-corrected chi connectivity index (χ0v) is 17.9. The first-order valence-corrected chi connectivity index (χ1v) is 10.7. The molecule has 148 valence electrons. The van der Waals surface area contributed by atoms with Crippen molar-refractivity contribution in [2.24, 2.45) is 5.73 Å². The van der Waals surface area contributed by atoms with E-state index in [4.69, 9.17) is 5.73 Å². The molecule has 1 heterocycles. The molecule has 2 aromatic rings. The Kier molecular flexibility index (Phi) is 7.78. The van der Waals surface area contributed by atoms with Gasteiger partial charge in [-0.1, -0.05) is 25.1 Å². The number of nitrogens with two attached hydrogens (primary N) is 1. The maximum Gasteiger partial charge on any atom is 0.172 e. The van der Waals surface area contributed by atoms with Gasteiger partial charge in [0.25, 0.3) is 0 Å². The average Bonchev–Trinajstić information content (AvgIpc) is 3.03. The predicted octanol–water partition coefficient (Wildman–Crippen LogP) is 4.91. The molecule has 0 saturated carbocycles. The van der Waals surface area contributed by atoms with Crippen molar-refractivity contribution in [3.05, 3.63) is 56.3 Å². The number of hydrogen-bond donors (Lipinski definition) is 2. The number of aryl methyl sites for hydroxylation is 5. The van der Waals surface area contributed by atoms with Crippen LogP contribution in [0, 0.1) is 20.8 Å². The maximum absolute atomic E-state index is 12.6. The van der Waals surface area contributed by atoms with E-state index in [1.807, 2.05) is 13.0 Å². The summed E-state index contributed by atoms with van der Waals surface area (Å²) in [5.41, 5.74) is 10.7. The molecule has 4 heteroatoms. The predicted molar refractivity (Wildman–Crippen MR) is 115 cm³/mol. The summed E-state index contributed by atoms with van der Waals surface area (Å²) < 4.78 is 0. The summed E-state index contributed by atoms with van der Waals surface area (Å²) in [6, 6.07) is 8.55. The van der Waals surface area contributed by atoms with Crippen molar-refractivity contribution in [2.75, 3.05) is 6.61 Å². The summed E-state index contributed by atoms with van der Waals surface area (Å²) >= 11 is 1.59. The molecule has 0 aliphatic heterocycles. The van der Waals surface area contributed by atoms with Gasteiger partial charge in [-0.25, -0.2) is 0 Å². The van der Waals surface area contributed by atoms with Gasteiger partial charge in [0, 0.05) is 16.8 Å². The first-order chi connectivity index (χ1) is 12.8. The smallest absolute Gasteiger partial charge is 0.172 e. The van der Waals surface area contributed by atoms with Gasteiger partial charge in [-0.2, -0.15) is 0 Å². The highest BCUT2D eigenvalue weighted by Crippen LogP contribution is 2.27. The third kappa shape index (κ3) is 6.00. The molecule has 0 radical (unpaired) electrons. The van der Waals surface area contributed by atoms with Crippen LogP contribution >= 0.6 is 11.3 Å². The molecule has 0 unspecified atom stereocenters. The van der Waals surface area contributed by atoms with Gasteiger partial charge in [0.1, 0.15) is 0 Å².